The minimum absolute atomic E-state index is 0.0798. The van der Waals surface area contributed by atoms with Gasteiger partial charge in [-0.2, -0.15) is 11.3 Å². The van der Waals surface area contributed by atoms with E-state index in [-0.39, 0.29) is 18.6 Å². The lowest BCUT2D eigenvalue weighted by atomic mass is 9.92. The van der Waals surface area contributed by atoms with Gasteiger partial charge in [0.2, 0.25) is 0 Å². The predicted molar refractivity (Wildman–Crippen MR) is 444 cm³/mol. The Morgan fingerprint density at radius 3 is 1.30 bits per heavy atom. The smallest absolute Gasteiger partial charge is 0.267 e. The maximum Gasteiger partial charge on any atom is 0.267 e. The number of thiophene rings is 1. The summed E-state index contributed by atoms with van der Waals surface area (Å²) in [5.41, 5.74) is 23.0. The number of benzene rings is 7. The summed E-state index contributed by atoms with van der Waals surface area (Å²) in [5, 5.41) is 56.8. The van der Waals surface area contributed by atoms with Crippen LogP contribution in [0.4, 0.5) is 0 Å². The van der Waals surface area contributed by atoms with Gasteiger partial charge in [0.1, 0.15) is 29.9 Å². The van der Waals surface area contributed by atoms with Crippen LogP contribution in [0, 0.1) is 5.41 Å². The summed E-state index contributed by atoms with van der Waals surface area (Å²) < 4.78 is 14.6. The fraction of sp³-hybridized carbons (Fsp3) is 0.239. The number of aliphatic hydroxyl groups excluding tert-OH is 2. The molecule has 114 heavy (non-hydrogen) atoms. The van der Waals surface area contributed by atoms with Crippen molar-refractivity contribution in [2.24, 2.45) is 5.41 Å². The summed E-state index contributed by atoms with van der Waals surface area (Å²) in [6.07, 6.45) is 19.1. The summed E-state index contributed by atoms with van der Waals surface area (Å²) in [5.74, 6) is 1.46. The number of amides is 4. The maximum absolute atomic E-state index is 11.3. The van der Waals surface area contributed by atoms with Crippen LogP contribution in [0.1, 0.15) is 88.8 Å². The SMILES string of the molecule is CN(C)CC(C)(C)Cn1c(CCc2ccccc2)nc2cc(/C=C/C(=O)NO)ccc21.O=C(/C=C/c1ccc2c(c1)nc(-c1ccsc1)n2CCCO)NO.O=C(/C=C/c1ccc2c(c1)nc(CCc1ccccc1)n2CCc1ccccn1)NO.O=C(/C=C/c1ccc2c(c1)nc(COCc1ccccc1)n2CCCO)NO. The van der Waals surface area contributed by atoms with Crippen LogP contribution in [-0.2, 0) is 95.4 Å². The summed E-state index contributed by atoms with van der Waals surface area (Å²) >= 11 is 1.61. The standard InChI is InChI=1S/C25H24N4O2.C25H32N4O2.C21H23N3O4.C17H17N3O3S/c30-25(28-31)14-11-20-9-12-23-22(18-20)27-24(13-10-19-6-2-1-3-7-19)29(23)17-15-21-8-4-5-16-26-21;1-25(2,17-28(3)4)18-29-22-13-10-20(12-15-24(30)27-31)16-21(22)26-23(29)14-11-19-8-6-5-7-9-19;25-12-4-11-24-19-9-7-16(8-10-21(26)23-27)13-18(19)22-20(24)15-28-14-17-5-2-1-3-6-17;21-8-1-7-20-15-4-2-12(3-5-16(22)19-23)10-14(15)18-17(20)13-6-9-24-11-13/h1-9,11-12,14,16,18,31H,10,13,15,17H2,(H,28,30);5-10,12-13,15-16,31H,11,14,17-18H2,1-4H3,(H,27,30);1-3,5-10,13,25,27H,4,11-12,14-15H2,(H,23,26);2-6,9-11,21,23H,1,7-8H2,(H,19,22)/b14-11+;15-12+;10-8+;5-3+. The zero-order chi connectivity index (χ0) is 80.6. The highest BCUT2D eigenvalue weighted by Gasteiger charge is 2.24. The summed E-state index contributed by atoms with van der Waals surface area (Å²) in [7, 11) is 4.20. The van der Waals surface area contributed by atoms with Crippen molar-refractivity contribution in [3.63, 3.8) is 0 Å². The van der Waals surface area contributed by atoms with Gasteiger partial charge in [-0.25, -0.2) is 41.9 Å². The number of pyridine rings is 1. The molecule has 7 aromatic carbocycles. The number of nitrogens with zero attached hydrogens (tertiary/aromatic N) is 10. The van der Waals surface area contributed by atoms with E-state index in [1.807, 2.05) is 155 Å². The first kappa shape index (κ1) is 84.2. The molecule has 6 aromatic heterocycles. The van der Waals surface area contributed by atoms with Gasteiger partial charge in [-0.15, -0.1) is 0 Å². The fourth-order valence-electron chi connectivity index (χ4n) is 13.2. The molecule has 0 fully saturated rings. The molecule has 0 radical (unpaired) electrons. The number of nitrogens with one attached hydrogen (secondary N) is 4. The Hall–Kier alpha value is -12.2. The molecule has 13 aromatic rings. The van der Waals surface area contributed by atoms with Crippen LogP contribution >= 0.6 is 11.3 Å². The van der Waals surface area contributed by atoms with Gasteiger partial charge in [-0.1, -0.05) is 135 Å². The second-order valence-corrected chi connectivity index (χ2v) is 28.7. The third-order valence-electron chi connectivity index (χ3n) is 18.3. The number of ether oxygens (including phenoxy) is 1. The predicted octanol–water partition coefficient (Wildman–Crippen LogP) is 13.2. The molecule has 0 atom stereocenters. The van der Waals surface area contributed by atoms with Crippen molar-refractivity contribution in [3.8, 4) is 11.4 Å². The molecule has 10 N–H and O–H groups in total. The minimum atomic E-state index is -0.594. The van der Waals surface area contributed by atoms with Gasteiger partial charge in [0, 0.05) is 112 Å². The number of hydroxylamine groups is 4. The highest BCUT2D eigenvalue weighted by Crippen LogP contribution is 2.30. The molecule has 6 heterocycles. The van der Waals surface area contributed by atoms with Crippen molar-refractivity contribution in [1.29, 1.82) is 0 Å². The third-order valence-corrected chi connectivity index (χ3v) is 19.0. The zero-order valence-corrected chi connectivity index (χ0v) is 65.0. The summed E-state index contributed by atoms with van der Waals surface area (Å²) in [6, 6.07) is 62.2. The number of aromatic nitrogens is 9. The van der Waals surface area contributed by atoms with Gasteiger partial charge in [0.15, 0.2) is 0 Å². The molecule has 0 saturated heterocycles. The van der Waals surface area contributed by atoms with Crippen molar-refractivity contribution < 1.29 is 55.0 Å². The molecule has 26 heteroatoms. The van der Waals surface area contributed by atoms with Crippen molar-refractivity contribution >= 4 is 103 Å². The van der Waals surface area contributed by atoms with Crippen LogP contribution in [-0.4, -0.2) is 137 Å². The van der Waals surface area contributed by atoms with Crippen molar-refractivity contribution in [2.75, 3.05) is 33.9 Å². The van der Waals surface area contributed by atoms with Crippen LogP contribution in [0.15, 0.2) is 229 Å². The molecular weight excluding hydrogens is 1460 g/mol. The third kappa shape index (κ3) is 24.9. The molecule has 0 aliphatic rings. The van der Waals surface area contributed by atoms with E-state index in [0.717, 1.165) is 158 Å². The van der Waals surface area contributed by atoms with Gasteiger partial charge in [0.05, 0.1) is 50.7 Å². The Morgan fingerprint density at radius 1 is 0.456 bits per heavy atom. The first-order valence-electron chi connectivity index (χ1n) is 37.4. The van der Waals surface area contributed by atoms with E-state index in [9.17, 15) is 24.3 Å². The molecule has 0 saturated carbocycles. The second-order valence-electron chi connectivity index (χ2n) is 27.9. The Bertz CT molecular complexity index is 5390. The zero-order valence-electron chi connectivity index (χ0n) is 64.2. The largest absolute Gasteiger partial charge is 0.396 e. The van der Waals surface area contributed by atoms with Crippen molar-refractivity contribution in [2.45, 2.75) is 98.2 Å². The molecule has 4 amide bonds. The van der Waals surface area contributed by atoms with E-state index in [1.54, 1.807) is 57.6 Å². The number of imidazole rings is 4. The van der Waals surface area contributed by atoms with E-state index in [4.69, 9.17) is 45.6 Å². The molecule has 0 aliphatic carbocycles. The number of carbonyl (C=O) groups excluding carboxylic acids is 4. The van der Waals surface area contributed by atoms with Crippen LogP contribution in [0.3, 0.4) is 0 Å². The first-order chi connectivity index (χ1) is 55.4. The Balaban J connectivity index is 0.000000162. The molecule has 25 nitrogen and oxygen atoms in total. The normalized spacial score (nSPS) is 11.6. The van der Waals surface area contributed by atoms with Gasteiger partial charge < -0.3 is 38.1 Å². The summed E-state index contributed by atoms with van der Waals surface area (Å²) in [4.78, 5) is 70.7. The molecular formula is C88H96N14O11S. The minimum Gasteiger partial charge on any atom is -0.396 e. The lowest BCUT2D eigenvalue weighted by Gasteiger charge is -2.29. The van der Waals surface area contributed by atoms with Gasteiger partial charge in [-0.3, -0.25) is 45.0 Å². The number of rotatable bonds is 32. The van der Waals surface area contributed by atoms with Crippen LogP contribution in [0.5, 0.6) is 0 Å². The quantitative estimate of drug-likeness (QED) is 0.0106. The van der Waals surface area contributed by atoms with E-state index in [0.29, 0.717) is 39.1 Å². The lowest BCUT2D eigenvalue weighted by molar-refractivity contribution is -0.124. The number of aryl methyl sites for hydroxylation is 8. The van der Waals surface area contributed by atoms with E-state index >= 15 is 0 Å². The van der Waals surface area contributed by atoms with E-state index in [2.05, 4.69) is 111 Å². The average Bonchev–Trinajstić information content (AvgIpc) is 1.65. The van der Waals surface area contributed by atoms with E-state index in [1.165, 1.54) is 35.4 Å². The monoisotopic (exact) mass is 1560 g/mol. The molecule has 13 rings (SSSR count). The highest BCUT2D eigenvalue weighted by molar-refractivity contribution is 7.08. The molecule has 590 valence electrons. The number of hydrogen-bond acceptors (Lipinski definition) is 18. The van der Waals surface area contributed by atoms with Crippen molar-refractivity contribution in [1.82, 2.24) is 70.0 Å². The first-order valence-corrected chi connectivity index (χ1v) is 38.3. The van der Waals surface area contributed by atoms with Gasteiger partial charge in [0.25, 0.3) is 23.6 Å². The topological polar surface area (TPSA) is 334 Å². The maximum atomic E-state index is 11.3. The number of hydrogen-bond donors (Lipinski definition) is 10. The number of carbonyl (C=O) groups is 4. The average molecular weight is 1560 g/mol. The molecule has 0 unspecified atom stereocenters. The molecule has 0 aliphatic heterocycles. The second kappa shape index (κ2) is 43.0. The summed E-state index contributed by atoms with van der Waals surface area (Å²) in [6.45, 7) is 9.59. The fourth-order valence-corrected chi connectivity index (χ4v) is 13.8. The van der Waals surface area contributed by atoms with Crippen LogP contribution in [0.25, 0.3) is 79.8 Å². The van der Waals surface area contributed by atoms with Crippen molar-refractivity contribution in [3.05, 3.63) is 291 Å². The van der Waals surface area contributed by atoms with E-state index < -0.39 is 23.6 Å². The number of fused-ring (bicyclic) bond motifs is 4. The lowest BCUT2D eigenvalue weighted by Crippen LogP contribution is -2.32. The highest BCUT2D eigenvalue weighted by atomic mass is 32.1. The number of aliphatic hydroxyl groups is 2. The molecule has 0 spiro atoms. The molecule has 0 bridgehead atoms. The van der Waals surface area contributed by atoms with Crippen LogP contribution in [0.2, 0.25) is 0 Å². The Kier molecular flexibility index (Phi) is 31.8. The Morgan fingerprint density at radius 2 is 0.868 bits per heavy atom. The Labute approximate surface area is 665 Å². The van der Waals surface area contributed by atoms with Gasteiger partial charge in [-0.05, 0) is 181 Å². The van der Waals surface area contributed by atoms with Gasteiger partial charge >= 0.3 is 0 Å². The van der Waals surface area contributed by atoms with Crippen LogP contribution < -0.4 is 21.9 Å².